The van der Waals surface area contributed by atoms with Gasteiger partial charge in [-0.3, -0.25) is 4.90 Å². The molecule has 2 aliphatic rings. The first-order chi connectivity index (χ1) is 12.3. The van der Waals surface area contributed by atoms with Crippen molar-refractivity contribution in [3.8, 4) is 5.69 Å². The lowest BCUT2D eigenvalue weighted by atomic mass is 10.1. The van der Waals surface area contributed by atoms with Gasteiger partial charge in [-0.1, -0.05) is 0 Å². The maximum Gasteiger partial charge on any atom is 0.123 e. The Morgan fingerprint density at radius 1 is 1.16 bits per heavy atom. The Kier molecular flexibility index (Phi) is 4.86. The number of benzene rings is 1. The molecule has 1 aliphatic heterocycles. The number of fused-ring (bicyclic) bond motifs is 1. The van der Waals surface area contributed by atoms with Gasteiger partial charge in [0.2, 0.25) is 0 Å². The fraction of sp³-hybridized carbons (Fsp3) is 0.550. The Morgan fingerprint density at radius 2 is 2.00 bits per heavy atom. The fourth-order valence-corrected chi connectivity index (χ4v) is 4.39. The molecule has 4 rings (SSSR count). The second kappa shape index (κ2) is 7.26. The van der Waals surface area contributed by atoms with E-state index in [2.05, 4.69) is 4.90 Å². The average Bonchev–Trinajstić information content (AvgIpc) is 3.32. The van der Waals surface area contributed by atoms with Crippen LogP contribution in [0, 0.1) is 5.82 Å². The number of aromatic nitrogens is 2. The summed E-state index contributed by atoms with van der Waals surface area (Å²) in [6, 6.07) is 7.20. The van der Waals surface area contributed by atoms with E-state index in [1.165, 1.54) is 48.3 Å². The minimum atomic E-state index is -0.212. The summed E-state index contributed by atoms with van der Waals surface area (Å²) in [5.41, 5.74) is 4.83. The van der Waals surface area contributed by atoms with Gasteiger partial charge < -0.3 is 5.11 Å². The Bertz CT molecular complexity index is 725. The minimum absolute atomic E-state index is 0.212. The lowest BCUT2D eigenvalue weighted by molar-refractivity contribution is 0.208. The van der Waals surface area contributed by atoms with Crippen LogP contribution in [0.3, 0.4) is 0 Å². The number of hydrogen-bond acceptors (Lipinski definition) is 3. The summed E-state index contributed by atoms with van der Waals surface area (Å²) in [4.78, 5) is 2.53. The second-order valence-corrected chi connectivity index (χ2v) is 7.25. The number of halogens is 1. The molecule has 1 unspecified atom stereocenters. The zero-order chi connectivity index (χ0) is 17.2. The first-order valence-electron chi connectivity index (χ1n) is 9.47. The van der Waals surface area contributed by atoms with Crippen LogP contribution < -0.4 is 0 Å². The topological polar surface area (TPSA) is 41.3 Å². The van der Waals surface area contributed by atoms with Crippen molar-refractivity contribution < 1.29 is 9.50 Å². The van der Waals surface area contributed by atoms with Crippen LogP contribution >= 0.6 is 0 Å². The molecule has 0 bridgehead atoms. The van der Waals surface area contributed by atoms with E-state index < -0.39 is 0 Å². The molecule has 0 amide bonds. The summed E-state index contributed by atoms with van der Waals surface area (Å²) >= 11 is 0. The molecule has 0 spiro atoms. The summed E-state index contributed by atoms with van der Waals surface area (Å²) in [6.45, 7) is 2.29. The summed E-state index contributed by atoms with van der Waals surface area (Å²) in [5, 5.41) is 14.0. The molecule has 1 aromatic carbocycles. The standard InChI is InChI=1S/C20H26FN3O/c21-15-8-10-17(11-9-15)24-20-7-1-6-18(20)19(22-24)14-23-12-2-4-16(23)5-3-13-25/h8-11,16,25H,1-7,12-14H2. The zero-order valence-electron chi connectivity index (χ0n) is 14.6. The van der Waals surface area contributed by atoms with Gasteiger partial charge in [0.15, 0.2) is 0 Å². The fourth-order valence-electron chi connectivity index (χ4n) is 4.39. The zero-order valence-corrected chi connectivity index (χ0v) is 14.6. The van der Waals surface area contributed by atoms with Gasteiger partial charge in [-0.15, -0.1) is 0 Å². The Balaban J connectivity index is 1.58. The third-order valence-corrected chi connectivity index (χ3v) is 5.63. The van der Waals surface area contributed by atoms with E-state index in [1.54, 1.807) is 0 Å². The van der Waals surface area contributed by atoms with Crippen molar-refractivity contribution in [2.45, 2.75) is 57.5 Å². The third-order valence-electron chi connectivity index (χ3n) is 5.63. The Morgan fingerprint density at radius 3 is 2.80 bits per heavy atom. The maximum absolute atomic E-state index is 13.2. The van der Waals surface area contributed by atoms with E-state index in [0.29, 0.717) is 6.04 Å². The van der Waals surface area contributed by atoms with Crippen LogP contribution in [0.25, 0.3) is 5.69 Å². The normalized spacial score (nSPS) is 20.3. The number of nitrogens with zero attached hydrogens (tertiary/aromatic N) is 3. The highest BCUT2D eigenvalue weighted by Crippen LogP contribution is 2.31. The van der Waals surface area contributed by atoms with E-state index in [4.69, 9.17) is 10.2 Å². The van der Waals surface area contributed by atoms with Crippen molar-refractivity contribution in [3.63, 3.8) is 0 Å². The van der Waals surface area contributed by atoms with Gasteiger partial charge in [0, 0.05) is 24.9 Å². The Labute approximate surface area is 148 Å². The van der Waals surface area contributed by atoms with Crippen molar-refractivity contribution in [3.05, 3.63) is 47.0 Å². The van der Waals surface area contributed by atoms with E-state index in [0.717, 1.165) is 44.5 Å². The molecule has 0 saturated carbocycles. The molecule has 1 aromatic heterocycles. The number of hydrogen-bond donors (Lipinski definition) is 1. The lowest BCUT2D eigenvalue weighted by Gasteiger charge is -2.23. The van der Waals surface area contributed by atoms with Crippen LogP contribution in [0.5, 0.6) is 0 Å². The van der Waals surface area contributed by atoms with Crippen molar-refractivity contribution >= 4 is 0 Å². The highest BCUT2D eigenvalue weighted by molar-refractivity contribution is 5.40. The summed E-state index contributed by atoms with van der Waals surface area (Å²) < 4.78 is 15.3. The van der Waals surface area contributed by atoms with Gasteiger partial charge in [0.1, 0.15) is 5.82 Å². The summed E-state index contributed by atoms with van der Waals surface area (Å²) in [6.07, 6.45) is 7.72. The smallest absolute Gasteiger partial charge is 0.123 e. The van der Waals surface area contributed by atoms with Gasteiger partial charge in [-0.05, 0) is 81.3 Å². The first kappa shape index (κ1) is 16.7. The van der Waals surface area contributed by atoms with E-state index in [9.17, 15) is 4.39 Å². The van der Waals surface area contributed by atoms with Crippen LogP contribution in [0.15, 0.2) is 24.3 Å². The van der Waals surface area contributed by atoms with Crippen molar-refractivity contribution in [2.24, 2.45) is 0 Å². The number of likely N-dealkylation sites (tertiary alicyclic amines) is 1. The van der Waals surface area contributed by atoms with Gasteiger partial charge in [-0.25, -0.2) is 9.07 Å². The molecule has 1 aliphatic carbocycles. The predicted octanol–water partition coefficient (Wildman–Crippen LogP) is 3.24. The molecule has 0 radical (unpaired) electrons. The molecular weight excluding hydrogens is 317 g/mol. The SMILES string of the molecule is OCCCC1CCCN1Cc1nn(-c2ccc(F)cc2)c2c1CCC2. The number of aliphatic hydroxyl groups excluding tert-OH is 1. The average molecular weight is 343 g/mol. The monoisotopic (exact) mass is 343 g/mol. The second-order valence-electron chi connectivity index (χ2n) is 7.25. The highest BCUT2D eigenvalue weighted by atomic mass is 19.1. The molecule has 2 heterocycles. The molecule has 5 heteroatoms. The van der Waals surface area contributed by atoms with Gasteiger partial charge >= 0.3 is 0 Å². The number of rotatable bonds is 6. The number of aliphatic hydroxyl groups is 1. The molecule has 1 saturated heterocycles. The van der Waals surface area contributed by atoms with Crippen LogP contribution in [0.2, 0.25) is 0 Å². The summed E-state index contributed by atoms with van der Waals surface area (Å²) in [7, 11) is 0. The first-order valence-corrected chi connectivity index (χ1v) is 9.47. The largest absolute Gasteiger partial charge is 0.396 e. The van der Waals surface area contributed by atoms with Crippen LogP contribution in [0.1, 0.15) is 49.1 Å². The predicted molar refractivity (Wildman–Crippen MR) is 95.3 cm³/mol. The maximum atomic E-state index is 13.2. The molecular formula is C20H26FN3O. The lowest BCUT2D eigenvalue weighted by Crippen LogP contribution is -2.29. The minimum Gasteiger partial charge on any atom is -0.396 e. The third kappa shape index (κ3) is 3.35. The molecule has 1 N–H and O–H groups in total. The molecule has 4 nitrogen and oxygen atoms in total. The van der Waals surface area contributed by atoms with Crippen molar-refractivity contribution in [1.82, 2.24) is 14.7 Å². The van der Waals surface area contributed by atoms with Crippen LogP contribution in [0.4, 0.5) is 4.39 Å². The van der Waals surface area contributed by atoms with Gasteiger partial charge in [0.25, 0.3) is 0 Å². The van der Waals surface area contributed by atoms with E-state index in [1.807, 2.05) is 16.8 Å². The Hall–Kier alpha value is -1.72. The van der Waals surface area contributed by atoms with Crippen molar-refractivity contribution in [1.29, 1.82) is 0 Å². The quantitative estimate of drug-likeness (QED) is 0.875. The molecule has 1 atom stereocenters. The molecule has 25 heavy (non-hydrogen) atoms. The van der Waals surface area contributed by atoms with E-state index >= 15 is 0 Å². The van der Waals surface area contributed by atoms with Gasteiger partial charge in [0.05, 0.1) is 11.4 Å². The summed E-state index contributed by atoms with van der Waals surface area (Å²) in [5.74, 6) is -0.212. The van der Waals surface area contributed by atoms with Crippen LogP contribution in [-0.4, -0.2) is 39.0 Å². The molecule has 2 aromatic rings. The van der Waals surface area contributed by atoms with Gasteiger partial charge in [-0.2, -0.15) is 5.10 Å². The van der Waals surface area contributed by atoms with Crippen LogP contribution in [-0.2, 0) is 19.4 Å². The molecule has 1 fully saturated rings. The highest BCUT2D eigenvalue weighted by Gasteiger charge is 2.28. The molecule has 134 valence electrons. The van der Waals surface area contributed by atoms with Crippen molar-refractivity contribution in [2.75, 3.05) is 13.2 Å². The van der Waals surface area contributed by atoms with E-state index in [-0.39, 0.29) is 12.4 Å².